The Bertz CT molecular complexity index is 1370. The van der Waals surface area contributed by atoms with Crippen molar-refractivity contribution in [2.45, 2.75) is 12.5 Å². The highest BCUT2D eigenvalue weighted by Crippen LogP contribution is 2.39. The van der Waals surface area contributed by atoms with E-state index in [0.29, 0.717) is 18.5 Å². The Labute approximate surface area is 199 Å². The number of likely N-dealkylation sites (tertiary alicyclic amines) is 1. The number of aliphatic hydroxyl groups excluding tert-OH is 1. The second-order valence-corrected chi connectivity index (χ2v) is 8.94. The van der Waals surface area contributed by atoms with E-state index in [0.717, 1.165) is 26.5 Å². The van der Waals surface area contributed by atoms with Crippen LogP contribution in [0.4, 0.5) is 0 Å². The number of ketones is 1. The third kappa shape index (κ3) is 3.87. The molecule has 1 atom stereocenters. The Morgan fingerprint density at radius 3 is 2.39 bits per heavy atom. The number of carbonyl (C=O) groups excluding carboxylic acids is 2. The lowest BCUT2D eigenvalue weighted by molar-refractivity contribution is -0.139. The Morgan fingerprint density at radius 2 is 1.64 bits per heavy atom. The number of hydrogen-bond donors (Lipinski definition) is 2. The highest BCUT2D eigenvalue weighted by molar-refractivity contribution is 9.10. The van der Waals surface area contributed by atoms with Gasteiger partial charge in [-0.05, 0) is 35.7 Å². The average Bonchev–Trinajstić information content (AvgIpc) is 3.37. The van der Waals surface area contributed by atoms with Crippen molar-refractivity contribution in [3.8, 4) is 0 Å². The van der Waals surface area contributed by atoms with Crippen LogP contribution in [-0.4, -0.2) is 33.2 Å². The molecule has 5 rings (SSSR count). The molecule has 164 valence electrons. The molecule has 1 fully saturated rings. The highest BCUT2D eigenvalue weighted by Gasteiger charge is 2.45. The lowest BCUT2D eigenvalue weighted by Gasteiger charge is -2.25. The van der Waals surface area contributed by atoms with Gasteiger partial charge < -0.3 is 15.0 Å². The number of para-hydroxylation sites is 1. The zero-order valence-electron chi connectivity index (χ0n) is 17.7. The third-order valence-electron chi connectivity index (χ3n) is 6.07. The van der Waals surface area contributed by atoms with Gasteiger partial charge in [0, 0.05) is 33.7 Å². The summed E-state index contributed by atoms with van der Waals surface area (Å²) in [5.74, 6) is -1.42. The van der Waals surface area contributed by atoms with E-state index in [-0.39, 0.29) is 11.3 Å². The number of halogens is 1. The van der Waals surface area contributed by atoms with Gasteiger partial charge in [-0.15, -0.1) is 0 Å². The first-order valence-corrected chi connectivity index (χ1v) is 11.5. The maximum Gasteiger partial charge on any atom is 0.295 e. The van der Waals surface area contributed by atoms with Crippen molar-refractivity contribution in [1.82, 2.24) is 9.88 Å². The number of Topliss-reactive ketones (excluding diaryl/α,β-unsaturated/α-hetero) is 1. The fourth-order valence-electron chi connectivity index (χ4n) is 4.44. The van der Waals surface area contributed by atoms with E-state index in [9.17, 15) is 14.7 Å². The van der Waals surface area contributed by atoms with Crippen molar-refractivity contribution in [3.63, 3.8) is 0 Å². The molecule has 0 radical (unpaired) electrons. The predicted molar refractivity (Wildman–Crippen MR) is 132 cm³/mol. The molecule has 1 saturated heterocycles. The number of fused-ring (bicyclic) bond motifs is 1. The Balaban J connectivity index is 1.55. The number of benzene rings is 3. The SMILES string of the molecule is O=C1C(=O)N(CCc2c[nH]c3ccccc23)[C@H](c2ccccc2)C1=C(O)c1ccc(Br)cc1. The molecule has 0 spiro atoms. The number of rotatable bonds is 5. The van der Waals surface area contributed by atoms with E-state index in [4.69, 9.17) is 0 Å². The summed E-state index contributed by atoms with van der Waals surface area (Å²) in [6, 6.07) is 23.8. The largest absolute Gasteiger partial charge is 0.507 e. The van der Waals surface area contributed by atoms with Crippen LogP contribution < -0.4 is 0 Å². The van der Waals surface area contributed by atoms with Crippen LogP contribution in [0.25, 0.3) is 16.7 Å². The van der Waals surface area contributed by atoms with Gasteiger partial charge in [0.2, 0.25) is 0 Å². The number of nitrogens with zero attached hydrogens (tertiary/aromatic N) is 1. The second kappa shape index (κ2) is 8.71. The van der Waals surface area contributed by atoms with Crippen LogP contribution >= 0.6 is 15.9 Å². The van der Waals surface area contributed by atoms with Crippen molar-refractivity contribution in [3.05, 3.63) is 112 Å². The molecule has 1 amide bonds. The first-order valence-electron chi connectivity index (χ1n) is 10.7. The number of aliphatic hydroxyl groups is 1. The van der Waals surface area contributed by atoms with Crippen molar-refractivity contribution in [2.24, 2.45) is 0 Å². The summed E-state index contributed by atoms with van der Waals surface area (Å²) >= 11 is 3.38. The number of aromatic nitrogens is 1. The van der Waals surface area contributed by atoms with E-state index < -0.39 is 17.7 Å². The number of amides is 1. The Morgan fingerprint density at radius 1 is 0.939 bits per heavy atom. The first-order chi connectivity index (χ1) is 16.0. The lowest BCUT2D eigenvalue weighted by Crippen LogP contribution is -2.31. The summed E-state index contributed by atoms with van der Waals surface area (Å²) in [6.07, 6.45) is 2.53. The van der Waals surface area contributed by atoms with Gasteiger partial charge in [-0.3, -0.25) is 9.59 Å². The number of carbonyl (C=O) groups is 2. The summed E-state index contributed by atoms with van der Waals surface area (Å²) in [4.78, 5) is 31.1. The van der Waals surface area contributed by atoms with Crippen LogP contribution in [0.15, 0.2) is 95.1 Å². The zero-order valence-corrected chi connectivity index (χ0v) is 19.2. The van der Waals surface area contributed by atoms with Crippen LogP contribution in [0.1, 0.15) is 22.7 Å². The summed E-state index contributed by atoms with van der Waals surface area (Å²) in [6.45, 7) is 0.350. The van der Waals surface area contributed by atoms with Gasteiger partial charge in [0.05, 0.1) is 11.6 Å². The van der Waals surface area contributed by atoms with Gasteiger partial charge >= 0.3 is 0 Å². The molecule has 1 aliphatic heterocycles. The molecule has 4 aromatic rings. The van der Waals surface area contributed by atoms with Gasteiger partial charge in [-0.2, -0.15) is 0 Å². The number of aromatic amines is 1. The molecular weight excluding hydrogens is 480 g/mol. The molecule has 0 bridgehead atoms. The van der Waals surface area contributed by atoms with E-state index in [1.54, 1.807) is 29.2 Å². The normalized spacial score (nSPS) is 17.7. The summed E-state index contributed by atoms with van der Waals surface area (Å²) in [5.41, 5.74) is 3.51. The number of hydrogen-bond acceptors (Lipinski definition) is 3. The monoisotopic (exact) mass is 500 g/mol. The van der Waals surface area contributed by atoms with E-state index in [2.05, 4.69) is 20.9 Å². The van der Waals surface area contributed by atoms with Gasteiger partial charge in [0.15, 0.2) is 0 Å². The maximum atomic E-state index is 13.1. The van der Waals surface area contributed by atoms with Crippen molar-refractivity contribution in [1.29, 1.82) is 0 Å². The summed E-state index contributed by atoms with van der Waals surface area (Å²) in [7, 11) is 0. The Kier molecular flexibility index (Phi) is 5.60. The van der Waals surface area contributed by atoms with E-state index in [1.165, 1.54) is 0 Å². The number of H-pyrrole nitrogens is 1. The second-order valence-electron chi connectivity index (χ2n) is 8.02. The molecule has 2 N–H and O–H groups in total. The molecule has 1 aliphatic rings. The average molecular weight is 501 g/mol. The summed E-state index contributed by atoms with van der Waals surface area (Å²) in [5, 5.41) is 12.2. The fourth-order valence-corrected chi connectivity index (χ4v) is 4.70. The number of nitrogens with one attached hydrogen (secondary N) is 1. The van der Waals surface area contributed by atoms with Crippen LogP contribution in [0.5, 0.6) is 0 Å². The highest BCUT2D eigenvalue weighted by atomic mass is 79.9. The topological polar surface area (TPSA) is 73.4 Å². The fraction of sp³-hybridized carbons (Fsp3) is 0.111. The minimum atomic E-state index is -0.664. The lowest BCUT2D eigenvalue weighted by atomic mass is 9.95. The van der Waals surface area contributed by atoms with Crippen molar-refractivity contribution < 1.29 is 14.7 Å². The first kappa shape index (κ1) is 21.2. The Hall–Kier alpha value is -3.64. The summed E-state index contributed by atoms with van der Waals surface area (Å²) < 4.78 is 0.859. The van der Waals surface area contributed by atoms with Gasteiger partial charge in [0.1, 0.15) is 5.76 Å². The van der Waals surface area contributed by atoms with Gasteiger partial charge in [-0.1, -0.05) is 76.6 Å². The van der Waals surface area contributed by atoms with E-state index in [1.807, 2.05) is 60.8 Å². The van der Waals surface area contributed by atoms with Crippen molar-refractivity contribution >= 4 is 44.3 Å². The molecule has 1 aromatic heterocycles. The molecule has 0 unspecified atom stereocenters. The predicted octanol–water partition coefficient (Wildman–Crippen LogP) is 5.59. The van der Waals surface area contributed by atoms with Gasteiger partial charge in [-0.25, -0.2) is 0 Å². The quantitative estimate of drug-likeness (QED) is 0.213. The smallest absolute Gasteiger partial charge is 0.295 e. The maximum absolute atomic E-state index is 13.1. The molecule has 0 aliphatic carbocycles. The minimum absolute atomic E-state index is 0.118. The van der Waals surface area contributed by atoms with E-state index >= 15 is 0 Å². The zero-order chi connectivity index (χ0) is 22.9. The van der Waals surface area contributed by atoms with Gasteiger partial charge in [0.25, 0.3) is 11.7 Å². The molecule has 5 nitrogen and oxygen atoms in total. The minimum Gasteiger partial charge on any atom is -0.507 e. The van der Waals surface area contributed by atoms with Crippen LogP contribution in [0.3, 0.4) is 0 Å². The van der Waals surface area contributed by atoms with Crippen LogP contribution in [0.2, 0.25) is 0 Å². The molecule has 6 heteroatoms. The molecule has 3 aromatic carbocycles. The third-order valence-corrected chi connectivity index (χ3v) is 6.60. The molecule has 0 saturated carbocycles. The molecular formula is C27H21BrN2O3. The standard InChI is InChI=1S/C27H21BrN2O3/c28-20-12-10-18(11-13-20)25(31)23-24(17-6-2-1-3-7-17)30(27(33)26(23)32)15-14-19-16-29-22-9-5-4-8-21(19)22/h1-13,16,24,29,31H,14-15H2/t24-/m1/s1. The molecule has 2 heterocycles. The molecule has 33 heavy (non-hydrogen) atoms. The van der Waals surface area contributed by atoms with Crippen molar-refractivity contribution in [2.75, 3.05) is 6.54 Å². The van der Waals surface area contributed by atoms with Crippen LogP contribution in [0, 0.1) is 0 Å². The van der Waals surface area contributed by atoms with Crippen LogP contribution in [-0.2, 0) is 16.0 Å².